The van der Waals surface area contributed by atoms with Crippen LogP contribution in [0.2, 0.25) is 0 Å². The molecule has 1 aromatic carbocycles. The second kappa shape index (κ2) is 3.28. The molecule has 4 heteroatoms. The van der Waals surface area contributed by atoms with Crippen molar-refractivity contribution in [3.8, 4) is 6.07 Å². The summed E-state index contributed by atoms with van der Waals surface area (Å²) in [7, 11) is 0. The number of aliphatic hydroxyl groups excluding tert-OH is 1. The number of rotatable bonds is 1. The normalized spacial score (nSPS) is 12.2. The van der Waals surface area contributed by atoms with Crippen LogP contribution in [0.25, 0.3) is 0 Å². The highest BCUT2D eigenvalue weighted by Gasteiger charge is 2.08. The molecule has 12 heavy (non-hydrogen) atoms. The van der Waals surface area contributed by atoms with Gasteiger partial charge in [0.25, 0.3) is 0 Å². The van der Waals surface area contributed by atoms with E-state index >= 15 is 0 Å². The molecule has 0 heterocycles. The topological polar surface area (TPSA) is 44.0 Å². The third kappa shape index (κ3) is 1.57. The molecule has 0 spiro atoms. The molecule has 0 saturated carbocycles. The van der Waals surface area contributed by atoms with Gasteiger partial charge in [-0.25, -0.2) is 8.78 Å². The minimum atomic E-state index is -1.40. The minimum absolute atomic E-state index is 0.0522. The Kier molecular flexibility index (Phi) is 2.36. The first-order valence-corrected chi connectivity index (χ1v) is 3.18. The zero-order valence-electron chi connectivity index (χ0n) is 5.96. The summed E-state index contributed by atoms with van der Waals surface area (Å²) < 4.78 is 24.8. The number of hydrogen-bond donors (Lipinski definition) is 1. The van der Waals surface area contributed by atoms with Crippen LogP contribution in [0, 0.1) is 23.0 Å². The van der Waals surface area contributed by atoms with E-state index in [-0.39, 0.29) is 5.56 Å². The zero-order valence-corrected chi connectivity index (χ0v) is 5.96. The van der Waals surface area contributed by atoms with Crippen molar-refractivity contribution in [2.24, 2.45) is 0 Å². The molecule has 1 atom stereocenters. The molecule has 1 aromatic rings. The molecular weight excluding hydrogens is 164 g/mol. The molecule has 0 saturated heterocycles. The number of nitrogens with zero attached hydrogens (tertiary/aromatic N) is 1. The van der Waals surface area contributed by atoms with Gasteiger partial charge in [-0.05, 0) is 17.7 Å². The molecule has 1 rings (SSSR count). The van der Waals surface area contributed by atoms with Gasteiger partial charge in [-0.15, -0.1) is 0 Å². The average Bonchev–Trinajstić information content (AvgIpc) is 2.08. The summed E-state index contributed by atoms with van der Waals surface area (Å²) in [6, 6.07) is 4.31. The molecular formula is C8H5F2NO. The maximum atomic E-state index is 12.5. The van der Waals surface area contributed by atoms with Crippen LogP contribution in [-0.2, 0) is 0 Å². The number of nitriles is 1. The third-order valence-corrected chi connectivity index (χ3v) is 1.38. The highest BCUT2D eigenvalue weighted by atomic mass is 19.2. The van der Waals surface area contributed by atoms with Crippen LogP contribution in [0.4, 0.5) is 8.78 Å². The molecule has 0 aliphatic carbocycles. The lowest BCUT2D eigenvalue weighted by Gasteiger charge is -2.01. The fourth-order valence-electron chi connectivity index (χ4n) is 0.757. The monoisotopic (exact) mass is 169 g/mol. The van der Waals surface area contributed by atoms with Crippen molar-refractivity contribution in [1.29, 1.82) is 5.26 Å². The quantitative estimate of drug-likeness (QED) is 0.647. The predicted octanol–water partition coefficient (Wildman–Crippen LogP) is 1.52. The summed E-state index contributed by atoms with van der Waals surface area (Å²) in [5.41, 5.74) is 0.0522. The van der Waals surface area contributed by atoms with Crippen molar-refractivity contribution < 1.29 is 13.9 Å². The molecule has 0 bridgehead atoms. The van der Waals surface area contributed by atoms with E-state index in [1.165, 1.54) is 6.07 Å². The summed E-state index contributed by atoms with van der Waals surface area (Å²) in [5, 5.41) is 17.1. The Morgan fingerprint density at radius 1 is 1.33 bits per heavy atom. The van der Waals surface area contributed by atoms with Gasteiger partial charge in [-0.3, -0.25) is 0 Å². The number of aliphatic hydroxyl groups is 1. The molecule has 0 aliphatic heterocycles. The van der Waals surface area contributed by atoms with Gasteiger partial charge < -0.3 is 5.11 Å². The van der Waals surface area contributed by atoms with Crippen LogP contribution in [0.1, 0.15) is 11.7 Å². The molecule has 2 nitrogen and oxygen atoms in total. The van der Waals surface area contributed by atoms with E-state index in [1.54, 1.807) is 0 Å². The van der Waals surface area contributed by atoms with Crippen molar-refractivity contribution in [3.05, 3.63) is 35.4 Å². The smallest absolute Gasteiger partial charge is 0.166 e. The summed E-state index contributed by atoms with van der Waals surface area (Å²) in [6.07, 6.45) is -1.40. The second-order valence-electron chi connectivity index (χ2n) is 2.21. The molecule has 0 amide bonds. The first-order chi connectivity index (χ1) is 5.65. The van der Waals surface area contributed by atoms with E-state index in [1.807, 2.05) is 0 Å². The molecule has 0 aliphatic rings. The maximum Gasteiger partial charge on any atom is 0.166 e. The van der Waals surface area contributed by atoms with Gasteiger partial charge in [0.05, 0.1) is 6.07 Å². The fraction of sp³-hybridized carbons (Fsp3) is 0.125. The number of halogens is 2. The summed E-state index contributed by atoms with van der Waals surface area (Å²) in [4.78, 5) is 0. The van der Waals surface area contributed by atoms with Crippen LogP contribution in [0.3, 0.4) is 0 Å². The van der Waals surface area contributed by atoms with Gasteiger partial charge in [0, 0.05) is 0 Å². The van der Waals surface area contributed by atoms with Gasteiger partial charge in [-0.1, -0.05) is 6.07 Å². The van der Waals surface area contributed by atoms with E-state index in [0.717, 1.165) is 18.2 Å². The Balaban J connectivity index is 3.06. The Labute approximate surface area is 67.7 Å². The van der Waals surface area contributed by atoms with E-state index in [2.05, 4.69) is 0 Å². The summed E-state index contributed by atoms with van der Waals surface area (Å²) in [6.45, 7) is 0. The maximum absolute atomic E-state index is 12.5. The molecule has 1 N–H and O–H groups in total. The Morgan fingerprint density at radius 2 is 2.00 bits per heavy atom. The van der Waals surface area contributed by atoms with Crippen LogP contribution < -0.4 is 0 Å². The van der Waals surface area contributed by atoms with Crippen LogP contribution in [-0.4, -0.2) is 5.11 Å². The molecule has 0 fully saturated rings. The first kappa shape index (κ1) is 8.62. The van der Waals surface area contributed by atoms with E-state index in [0.29, 0.717) is 0 Å². The zero-order chi connectivity index (χ0) is 9.14. The minimum Gasteiger partial charge on any atom is -0.374 e. The summed E-state index contributed by atoms with van der Waals surface area (Å²) in [5.74, 6) is -2.06. The fourth-order valence-corrected chi connectivity index (χ4v) is 0.757. The van der Waals surface area contributed by atoms with Crippen molar-refractivity contribution in [3.63, 3.8) is 0 Å². The van der Waals surface area contributed by atoms with Gasteiger partial charge in [0.15, 0.2) is 17.7 Å². The van der Waals surface area contributed by atoms with E-state index in [9.17, 15) is 8.78 Å². The molecule has 0 radical (unpaired) electrons. The standard InChI is InChI=1S/C8H5F2NO/c9-6-2-1-5(3-7(6)10)8(12)4-11/h1-3,8,12H/t8-/m1/s1. The first-order valence-electron chi connectivity index (χ1n) is 3.18. The Morgan fingerprint density at radius 3 is 2.50 bits per heavy atom. The van der Waals surface area contributed by atoms with Crippen molar-refractivity contribution in [2.45, 2.75) is 6.10 Å². The Bertz CT molecular complexity index is 332. The lowest BCUT2D eigenvalue weighted by atomic mass is 10.1. The van der Waals surface area contributed by atoms with Crippen molar-refractivity contribution in [2.75, 3.05) is 0 Å². The average molecular weight is 169 g/mol. The van der Waals surface area contributed by atoms with E-state index < -0.39 is 17.7 Å². The van der Waals surface area contributed by atoms with Crippen molar-refractivity contribution >= 4 is 0 Å². The lowest BCUT2D eigenvalue weighted by Crippen LogP contribution is -1.95. The third-order valence-electron chi connectivity index (χ3n) is 1.38. The highest BCUT2D eigenvalue weighted by Crippen LogP contribution is 2.14. The predicted molar refractivity (Wildman–Crippen MR) is 36.9 cm³/mol. The van der Waals surface area contributed by atoms with Crippen LogP contribution >= 0.6 is 0 Å². The molecule has 0 unspecified atom stereocenters. The molecule has 62 valence electrons. The number of benzene rings is 1. The van der Waals surface area contributed by atoms with Gasteiger partial charge in [0.1, 0.15) is 0 Å². The van der Waals surface area contributed by atoms with Gasteiger partial charge in [0.2, 0.25) is 0 Å². The lowest BCUT2D eigenvalue weighted by molar-refractivity contribution is 0.235. The van der Waals surface area contributed by atoms with Gasteiger partial charge in [-0.2, -0.15) is 5.26 Å². The highest BCUT2D eigenvalue weighted by molar-refractivity contribution is 5.23. The van der Waals surface area contributed by atoms with Gasteiger partial charge >= 0.3 is 0 Å². The van der Waals surface area contributed by atoms with E-state index in [4.69, 9.17) is 10.4 Å². The Hall–Kier alpha value is -1.47. The summed E-state index contributed by atoms with van der Waals surface area (Å²) >= 11 is 0. The van der Waals surface area contributed by atoms with Crippen molar-refractivity contribution in [1.82, 2.24) is 0 Å². The second-order valence-corrected chi connectivity index (χ2v) is 2.21. The SMILES string of the molecule is N#C[C@@H](O)c1ccc(F)c(F)c1. The molecule has 0 aromatic heterocycles. The van der Waals surface area contributed by atoms with Crippen LogP contribution in [0.5, 0.6) is 0 Å². The van der Waals surface area contributed by atoms with Crippen LogP contribution in [0.15, 0.2) is 18.2 Å². The largest absolute Gasteiger partial charge is 0.374 e. The number of hydrogen-bond acceptors (Lipinski definition) is 2.